The highest BCUT2D eigenvalue weighted by Crippen LogP contribution is 2.50. The summed E-state index contributed by atoms with van der Waals surface area (Å²) in [7, 11) is -18.1. The van der Waals surface area contributed by atoms with E-state index in [-0.39, 0.29) is 25.3 Å². The Morgan fingerprint density at radius 1 is 0.506 bits per heavy atom. The maximum absolute atomic E-state index is 13.7. The number of carbonyl (C=O) groups is 2. The van der Waals surface area contributed by atoms with Gasteiger partial charge in [-0.05, 0) is 85.9 Å². The summed E-state index contributed by atoms with van der Waals surface area (Å²) in [6.45, 7) is 15.1. The number of allylic oxidation sites excluding steroid dienone is 10. The van der Waals surface area contributed by atoms with Gasteiger partial charge in [-0.15, -0.1) is 0 Å². The molecular formula is C57H65N5O15S4+2. The summed E-state index contributed by atoms with van der Waals surface area (Å²) >= 11 is 0. The van der Waals surface area contributed by atoms with Crippen LogP contribution in [0.25, 0.3) is 0 Å². The molecule has 430 valence electrons. The fourth-order valence-corrected chi connectivity index (χ4v) is 14.0. The van der Waals surface area contributed by atoms with Gasteiger partial charge in [0, 0.05) is 75.6 Å². The summed E-state index contributed by atoms with van der Waals surface area (Å²) in [5, 5.41) is 12.3. The quantitative estimate of drug-likeness (QED) is 0.0304. The molecule has 0 saturated carbocycles. The van der Waals surface area contributed by atoms with Crippen LogP contribution in [0.15, 0.2) is 139 Å². The first-order valence-corrected chi connectivity index (χ1v) is 31.9. The van der Waals surface area contributed by atoms with Crippen molar-refractivity contribution in [2.45, 2.75) is 96.4 Å². The van der Waals surface area contributed by atoms with Gasteiger partial charge < -0.3 is 20.2 Å². The van der Waals surface area contributed by atoms with Crippen LogP contribution in [0.5, 0.6) is 0 Å². The van der Waals surface area contributed by atoms with Gasteiger partial charge in [0.1, 0.15) is 0 Å². The second-order valence-corrected chi connectivity index (χ2v) is 28.3. The Balaban J connectivity index is 0.998. The molecule has 4 aliphatic rings. The normalized spacial score (nSPS) is 19.2. The maximum Gasteiger partial charge on any atom is 0.326 e. The van der Waals surface area contributed by atoms with E-state index in [0.717, 1.165) is 5.56 Å². The number of anilines is 2. The van der Waals surface area contributed by atoms with Gasteiger partial charge >= 0.3 is 26.2 Å². The number of fused-ring (bicyclic) bond motifs is 4. The third-order valence-corrected chi connectivity index (χ3v) is 17.6. The molecule has 6 N–H and O–H groups in total. The summed E-state index contributed by atoms with van der Waals surface area (Å²) in [6, 6.07) is 22.6. The number of aliphatic carboxylic acids is 1. The van der Waals surface area contributed by atoms with Gasteiger partial charge in [0.25, 0.3) is 32.0 Å². The van der Waals surface area contributed by atoms with Gasteiger partial charge in [-0.3, -0.25) is 27.8 Å². The van der Waals surface area contributed by atoms with E-state index >= 15 is 0 Å². The third-order valence-electron chi connectivity index (χ3n) is 15.3. The standard InChI is InChI=1S/C57H63N5O15S4/c1-54(2)40-15-12-13-16-44(40)59(33-78(66,67)68)50(54)19-14-20-51-57(7,8)43-29-39(23-26-47(43)62(51)36-81(75,76)77)32-58-52(63)30-37-21-24-45-41(27-37)55(3,4)48(60(45)34-79(69,70)71)17-10-9-11-18-49-56(5,6)42-28-38(31-53(64)65)22-25-46(42)61(49)35-80(72,73)74/h9-29H,30-36H2,1-8H3,(H4-2,58,63,64,65,66,67,68,69,70,71,72,73,74,75,76,77)/p+2. The van der Waals surface area contributed by atoms with Crippen LogP contribution >= 0.6 is 0 Å². The zero-order chi connectivity index (χ0) is 59.6. The van der Waals surface area contributed by atoms with Crippen LogP contribution in [-0.2, 0) is 91.1 Å². The molecule has 4 aliphatic heterocycles. The van der Waals surface area contributed by atoms with Crippen LogP contribution in [0, 0.1) is 0 Å². The van der Waals surface area contributed by atoms with Crippen LogP contribution in [-0.4, -0.2) is 113 Å². The zero-order valence-corrected chi connectivity index (χ0v) is 49.1. The monoisotopic (exact) mass is 1190 g/mol. The van der Waals surface area contributed by atoms with E-state index in [9.17, 15) is 66.6 Å². The van der Waals surface area contributed by atoms with Crippen molar-refractivity contribution in [3.05, 3.63) is 178 Å². The highest BCUT2D eigenvalue weighted by Gasteiger charge is 2.48. The van der Waals surface area contributed by atoms with Gasteiger partial charge in [0.15, 0.2) is 23.2 Å². The number of nitrogens with zero attached hydrogens (tertiary/aromatic N) is 4. The molecule has 0 saturated heterocycles. The number of carboxylic acids is 1. The highest BCUT2D eigenvalue weighted by atomic mass is 32.2. The van der Waals surface area contributed by atoms with Crippen molar-refractivity contribution in [2.24, 2.45) is 0 Å². The van der Waals surface area contributed by atoms with Crippen molar-refractivity contribution in [3.8, 4) is 0 Å². The summed E-state index contributed by atoms with van der Waals surface area (Å²) < 4.78 is 142. The van der Waals surface area contributed by atoms with Crippen molar-refractivity contribution in [2.75, 3.05) is 33.3 Å². The van der Waals surface area contributed by atoms with Gasteiger partial charge in [-0.1, -0.05) is 101 Å². The minimum Gasteiger partial charge on any atom is -0.481 e. The number of rotatable bonds is 19. The third kappa shape index (κ3) is 12.8. The Morgan fingerprint density at radius 3 is 1.48 bits per heavy atom. The molecule has 0 aliphatic carbocycles. The van der Waals surface area contributed by atoms with E-state index in [2.05, 4.69) is 5.32 Å². The largest absolute Gasteiger partial charge is 0.481 e. The second kappa shape index (κ2) is 21.5. The van der Waals surface area contributed by atoms with Gasteiger partial charge in [0.2, 0.25) is 17.3 Å². The molecule has 0 spiro atoms. The fourth-order valence-electron chi connectivity index (χ4n) is 11.6. The number of hydrogen-bond acceptors (Lipinski definition) is 12. The van der Waals surface area contributed by atoms with Crippen molar-refractivity contribution >= 4 is 86.5 Å². The first kappa shape index (κ1) is 60.2. The Morgan fingerprint density at radius 2 is 0.951 bits per heavy atom. The summed E-state index contributed by atoms with van der Waals surface area (Å²) in [5.74, 6) is -4.36. The minimum absolute atomic E-state index is 0.0692. The fraction of sp³-hybridized carbons (Fsp3) is 0.333. The van der Waals surface area contributed by atoms with Crippen molar-refractivity contribution < 1.29 is 75.7 Å². The van der Waals surface area contributed by atoms with E-state index in [0.29, 0.717) is 78.9 Å². The number of amides is 1. The lowest BCUT2D eigenvalue weighted by Crippen LogP contribution is -2.31. The number of nitrogens with one attached hydrogen (secondary N) is 1. The number of hydrogen-bond donors (Lipinski definition) is 6. The lowest BCUT2D eigenvalue weighted by atomic mass is 9.80. The molecule has 20 nitrogen and oxygen atoms in total. The number of para-hydroxylation sites is 1. The molecule has 0 bridgehead atoms. The van der Waals surface area contributed by atoms with Crippen molar-refractivity contribution in [3.63, 3.8) is 0 Å². The number of carbonyl (C=O) groups excluding carboxylic acids is 1. The topological polar surface area (TPSA) is 296 Å². The maximum atomic E-state index is 13.7. The van der Waals surface area contributed by atoms with E-state index in [1.54, 1.807) is 109 Å². The van der Waals surface area contributed by atoms with E-state index in [1.165, 1.54) is 19.0 Å². The summed E-state index contributed by atoms with van der Waals surface area (Å²) in [5.41, 5.74) is 5.63. The molecular weight excluding hydrogens is 1120 g/mol. The van der Waals surface area contributed by atoms with Crippen molar-refractivity contribution in [1.82, 2.24) is 5.32 Å². The van der Waals surface area contributed by atoms with E-state index in [4.69, 9.17) is 0 Å². The minimum atomic E-state index is -4.57. The Kier molecular flexibility index (Phi) is 15.9. The smallest absolute Gasteiger partial charge is 0.326 e. The van der Waals surface area contributed by atoms with Crippen molar-refractivity contribution in [1.29, 1.82) is 0 Å². The van der Waals surface area contributed by atoms with Crippen LogP contribution < -0.4 is 15.1 Å². The molecule has 4 aromatic carbocycles. The SMILES string of the molecule is CC1(C)C(=CC=CC2=[N+](CS(=O)(=O)O)c3ccccc3C2(C)C)N(CS(=O)(=O)O)c2ccc(CNC(=O)Cc3ccc4c(c3)C(C)(C)C(/C=C/C=C/C=C3/N(CS(=O)(=O)O)c5ccc(CC(=O)O)cc5C3(C)C)=[N+]4CS(=O)(=O)O)cc21. The summed E-state index contributed by atoms with van der Waals surface area (Å²) in [4.78, 5) is 28.1. The first-order valence-electron chi connectivity index (χ1n) is 25.5. The van der Waals surface area contributed by atoms with Gasteiger partial charge in [-0.25, -0.2) is 0 Å². The van der Waals surface area contributed by atoms with E-state index in [1.807, 2.05) is 73.6 Å². The predicted molar refractivity (Wildman–Crippen MR) is 309 cm³/mol. The average molecular weight is 1190 g/mol. The number of carboxylic acid groups (broad SMARTS) is 1. The van der Waals surface area contributed by atoms with Crippen LogP contribution in [0.2, 0.25) is 0 Å². The molecule has 0 unspecified atom stereocenters. The summed E-state index contributed by atoms with van der Waals surface area (Å²) in [6.07, 6.45) is 13.1. The van der Waals surface area contributed by atoms with Crippen LogP contribution in [0.1, 0.15) is 94.3 Å². The predicted octanol–water partition coefficient (Wildman–Crippen LogP) is 7.34. The molecule has 0 radical (unpaired) electrons. The van der Waals surface area contributed by atoms with Gasteiger partial charge in [0.05, 0.1) is 23.7 Å². The molecule has 0 aromatic heterocycles. The second-order valence-electron chi connectivity index (χ2n) is 22.6. The highest BCUT2D eigenvalue weighted by molar-refractivity contribution is 7.86. The molecule has 8 rings (SSSR count). The lowest BCUT2D eigenvalue weighted by Gasteiger charge is -2.25. The zero-order valence-electron chi connectivity index (χ0n) is 45.8. The van der Waals surface area contributed by atoms with Crippen LogP contribution in [0.4, 0.5) is 22.7 Å². The molecule has 0 fully saturated rings. The lowest BCUT2D eigenvalue weighted by molar-refractivity contribution is -0.416. The number of benzene rings is 4. The van der Waals surface area contributed by atoms with E-state index < -0.39 is 91.6 Å². The Hall–Kier alpha value is -6.90. The first-order chi connectivity index (χ1) is 37.4. The van der Waals surface area contributed by atoms with Gasteiger partial charge in [-0.2, -0.15) is 42.8 Å². The molecule has 1 amide bonds. The molecule has 81 heavy (non-hydrogen) atoms. The molecule has 4 heterocycles. The Labute approximate surface area is 472 Å². The molecule has 24 heteroatoms. The molecule has 4 aromatic rings. The van der Waals surface area contributed by atoms with Crippen LogP contribution in [0.3, 0.4) is 0 Å². The molecule has 0 atom stereocenters. The average Bonchev–Trinajstić information content (AvgIpc) is 3.97. The Bertz CT molecular complexity index is 4020.